The van der Waals surface area contributed by atoms with E-state index in [1.165, 1.54) is 11.1 Å². The fourth-order valence-electron chi connectivity index (χ4n) is 2.84. The van der Waals surface area contributed by atoms with Crippen LogP contribution in [0, 0.1) is 0 Å². The highest BCUT2D eigenvalue weighted by molar-refractivity contribution is 6.30. The molecule has 0 radical (unpaired) electrons. The third kappa shape index (κ3) is 5.33. The molecule has 1 fully saturated rings. The van der Waals surface area contributed by atoms with Crippen molar-refractivity contribution in [3.8, 4) is 11.5 Å². The Morgan fingerprint density at radius 2 is 1.52 bits per heavy atom. The lowest BCUT2D eigenvalue weighted by molar-refractivity contribution is 0.166. The Balaban J connectivity index is 1.57. The van der Waals surface area contributed by atoms with Gasteiger partial charge in [0.1, 0.15) is 11.5 Å². The number of halogens is 1. The molecule has 1 aliphatic heterocycles. The molecular weight excluding hydrogens is 332 g/mol. The second-order valence-electron chi connectivity index (χ2n) is 6.57. The Morgan fingerprint density at radius 3 is 2.12 bits per heavy atom. The topological polar surface area (TPSA) is 15.7 Å². The van der Waals surface area contributed by atoms with Gasteiger partial charge in [0, 0.05) is 37.7 Å². The number of nitrogens with zero attached hydrogens (tertiary/aromatic N) is 2. The zero-order chi connectivity index (χ0) is 17.6. The first-order chi connectivity index (χ1) is 12.1. The maximum Gasteiger partial charge on any atom is 0.127 e. The van der Waals surface area contributed by atoms with E-state index in [0.717, 1.165) is 44.2 Å². The highest BCUT2D eigenvalue weighted by Crippen LogP contribution is 2.25. The lowest BCUT2D eigenvalue weighted by Gasteiger charge is -2.31. The van der Waals surface area contributed by atoms with E-state index in [-0.39, 0.29) is 0 Å². The van der Waals surface area contributed by atoms with Gasteiger partial charge in [-0.2, -0.15) is 0 Å². The summed E-state index contributed by atoms with van der Waals surface area (Å²) in [5, 5.41) is 0.712. The van der Waals surface area contributed by atoms with Gasteiger partial charge in [0.05, 0.1) is 0 Å². The predicted molar refractivity (Wildman–Crippen MR) is 106 cm³/mol. The summed E-state index contributed by atoms with van der Waals surface area (Å²) in [6.45, 7) is 7.80. The van der Waals surface area contributed by atoms with E-state index in [1.807, 2.05) is 36.4 Å². The summed E-state index contributed by atoms with van der Waals surface area (Å²) in [7, 11) is 2.19. The molecule has 25 heavy (non-hydrogen) atoms. The first-order valence-corrected chi connectivity index (χ1v) is 9.09. The third-order valence-electron chi connectivity index (χ3n) is 4.61. The molecule has 0 amide bonds. The highest BCUT2D eigenvalue weighted by Gasteiger charge is 2.12. The van der Waals surface area contributed by atoms with E-state index >= 15 is 0 Å². The van der Waals surface area contributed by atoms with Crippen molar-refractivity contribution in [3.05, 3.63) is 65.2 Å². The van der Waals surface area contributed by atoms with Gasteiger partial charge in [0.25, 0.3) is 0 Å². The minimum absolute atomic E-state index is 0.712. The van der Waals surface area contributed by atoms with Crippen molar-refractivity contribution in [2.45, 2.75) is 6.92 Å². The summed E-state index contributed by atoms with van der Waals surface area (Å²) in [5.74, 6) is 1.62. The molecule has 1 heterocycles. The molecule has 2 aromatic rings. The highest BCUT2D eigenvalue weighted by atomic mass is 35.5. The van der Waals surface area contributed by atoms with E-state index in [2.05, 4.69) is 42.0 Å². The van der Waals surface area contributed by atoms with Crippen molar-refractivity contribution in [1.82, 2.24) is 9.80 Å². The second-order valence-corrected chi connectivity index (χ2v) is 7.01. The summed E-state index contributed by atoms with van der Waals surface area (Å²) >= 11 is 5.90. The van der Waals surface area contributed by atoms with Gasteiger partial charge in [-0.1, -0.05) is 29.8 Å². The molecule has 132 valence electrons. The van der Waals surface area contributed by atoms with Gasteiger partial charge < -0.3 is 9.64 Å². The van der Waals surface area contributed by atoms with Crippen molar-refractivity contribution in [1.29, 1.82) is 0 Å². The van der Waals surface area contributed by atoms with E-state index in [9.17, 15) is 0 Å². The molecule has 0 aliphatic carbocycles. The van der Waals surface area contributed by atoms with Crippen molar-refractivity contribution >= 4 is 17.2 Å². The molecule has 3 rings (SSSR count). The van der Waals surface area contributed by atoms with Crippen LogP contribution >= 0.6 is 11.6 Å². The minimum atomic E-state index is 0.712. The molecular formula is C21H25ClN2O. The van der Waals surface area contributed by atoms with Crippen LogP contribution in [0.5, 0.6) is 11.5 Å². The van der Waals surface area contributed by atoms with Crippen molar-refractivity contribution in [3.63, 3.8) is 0 Å². The van der Waals surface area contributed by atoms with Gasteiger partial charge in [-0.25, -0.2) is 0 Å². The van der Waals surface area contributed by atoms with E-state index in [1.54, 1.807) is 0 Å². The normalized spacial score (nSPS) is 16.8. The first-order valence-electron chi connectivity index (χ1n) is 8.72. The fraction of sp³-hybridized carbons (Fsp3) is 0.333. The lowest BCUT2D eigenvalue weighted by atomic mass is 10.1. The van der Waals surface area contributed by atoms with Gasteiger partial charge in [-0.15, -0.1) is 0 Å². The monoisotopic (exact) mass is 356 g/mol. The number of likely N-dealkylation sites (N-methyl/N-ethyl adjacent to an activating group) is 1. The minimum Gasteiger partial charge on any atom is -0.457 e. The summed E-state index contributed by atoms with van der Waals surface area (Å²) in [6, 6.07) is 15.7. The molecule has 0 aromatic heterocycles. The first kappa shape index (κ1) is 18.0. The van der Waals surface area contributed by atoms with Crippen molar-refractivity contribution < 1.29 is 4.74 Å². The lowest BCUT2D eigenvalue weighted by Crippen LogP contribution is -2.44. The van der Waals surface area contributed by atoms with Crippen LogP contribution < -0.4 is 4.74 Å². The molecule has 0 spiro atoms. The van der Waals surface area contributed by atoms with Crippen LogP contribution in [0.1, 0.15) is 12.5 Å². The van der Waals surface area contributed by atoms with Crippen LogP contribution in [0.15, 0.2) is 54.6 Å². The van der Waals surface area contributed by atoms with Crippen LogP contribution in [0.4, 0.5) is 0 Å². The molecule has 0 atom stereocenters. The van der Waals surface area contributed by atoms with Crippen molar-refractivity contribution in [2.75, 3.05) is 39.8 Å². The maximum absolute atomic E-state index is 5.90. The maximum atomic E-state index is 5.90. The van der Waals surface area contributed by atoms with E-state index < -0.39 is 0 Å². The van der Waals surface area contributed by atoms with Gasteiger partial charge in [-0.05, 0) is 61.5 Å². The van der Waals surface area contributed by atoms with E-state index in [0.29, 0.717) is 5.02 Å². The number of piperazine rings is 1. The summed E-state index contributed by atoms with van der Waals surface area (Å²) in [4.78, 5) is 4.88. The SMILES string of the molecule is CC(=CCN1CCN(C)CC1)c1ccc(Oc2ccc(Cl)cc2)cc1. The Labute approximate surface area is 155 Å². The van der Waals surface area contributed by atoms with Crippen LogP contribution in [0.2, 0.25) is 5.02 Å². The molecule has 1 aliphatic rings. The molecule has 3 nitrogen and oxygen atoms in total. The van der Waals surface area contributed by atoms with Crippen LogP contribution in [0.3, 0.4) is 0 Å². The standard InChI is InChI=1S/C21H25ClN2O/c1-17(11-12-24-15-13-23(2)14-16-24)18-3-7-20(8-4-18)25-21-9-5-19(22)6-10-21/h3-11H,12-16H2,1-2H3. The van der Waals surface area contributed by atoms with Gasteiger partial charge >= 0.3 is 0 Å². The quantitative estimate of drug-likeness (QED) is 0.766. The fourth-order valence-corrected chi connectivity index (χ4v) is 2.96. The molecule has 0 N–H and O–H groups in total. The van der Waals surface area contributed by atoms with Gasteiger partial charge in [0.2, 0.25) is 0 Å². The molecule has 4 heteroatoms. The third-order valence-corrected chi connectivity index (χ3v) is 4.86. The van der Waals surface area contributed by atoms with Crippen LogP contribution in [-0.4, -0.2) is 49.6 Å². The summed E-state index contributed by atoms with van der Waals surface area (Å²) in [6.07, 6.45) is 2.32. The zero-order valence-corrected chi connectivity index (χ0v) is 15.7. The Morgan fingerprint density at radius 1 is 0.960 bits per heavy atom. The second kappa shape index (κ2) is 8.52. The molecule has 1 saturated heterocycles. The number of allylic oxidation sites excluding steroid dienone is 1. The Hall–Kier alpha value is -1.81. The number of benzene rings is 2. The molecule has 0 bridgehead atoms. The molecule has 0 unspecified atom stereocenters. The number of ether oxygens (including phenoxy) is 1. The Kier molecular flexibility index (Phi) is 6.14. The van der Waals surface area contributed by atoms with Crippen molar-refractivity contribution in [2.24, 2.45) is 0 Å². The van der Waals surface area contributed by atoms with Gasteiger partial charge in [0.15, 0.2) is 0 Å². The average molecular weight is 357 g/mol. The zero-order valence-electron chi connectivity index (χ0n) is 14.9. The smallest absolute Gasteiger partial charge is 0.127 e. The number of rotatable bonds is 5. The van der Waals surface area contributed by atoms with E-state index in [4.69, 9.17) is 16.3 Å². The largest absolute Gasteiger partial charge is 0.457 e. The summed E-state index contributed by atoms with van der Waals surface area (Å²) < 4.78 is 5.84. The molecule has 0 saturated carbocycles. The van der Waals surface area contributed by atoms with Crippen LogP contribution in [-0.2, 0) is 0 Å². The predicted octanol–water partition coefficient (Wildman–Crippen LogP) is 4.78. The summed E-state index contributed by atoms with van der Waals surface area (Å²) in [5.41, 5.74) is 2.54. The Bertz CT molecular complexity index is 702. The van der Waals surface area contributed by atoms with Gasteiger partial charge in [-0.3, -0.25) is 4.90 Å². The average Bonchev–Trinajstić information content (AvgIpc) is 2.63. The number of hydrogen-bond donors (Lipinski definition) is 0. The number of hydrogen-bond acceptors (Lipinski definition) is 3. The molecule has 2 aromatic carbocycles. The van der Waals surface area contributed by atoms with Crippen LogP contribution in [0.25, 0.3) is 5.57 Å².